The van der Waals surface area contributed by atoms with Crippen molar-refractivity contribution in [2.45, 2.75) is 20.0 Å². The van der Waals surface area contributed by atoms with Crippen molar-refractivity contribution in [2.75, 3.05) is 0 Å². The van der Waals surface area contributed by atoms with E-state index in [1.54, 1.807) is 13.8 Å². The molecule has 0 aromatic carbocycles. The van der Waals surface area contributed by atoms with Crippen LogP contribution < -0.4 is 0 Å². The third-order valence-corrected chi connectivity index (χ3v) is 3.36. The molecule has 0 aromatic heterocycles. The van der Waals surface area contributed by atoms with Crippen LogP contribution in [0, 0.1) is 17.3 Å². The molecule has 1 aliphatic carbocycles. The van der Waals surface area contributed by atoms with Crippen molar-refractivity contribution in [3.8, 4) is 0 Å². The molecule has 17 heavy (non-hydrogen) atoms. The lowest BCUT2D eigenvalue weighted by Gasteiger charge is -2.04. The molecule has 0 N–H and O–H groups in total. The van der Waals surface area contributed by atoms with E-state index in [9.17, 15) is 18.0 Å². The lowest BCUT2D eigenvalue weighted by molar-refractivity contribution is -0.119. The molecule has 0 saturated heterocycles. The highest BCUT2D eigenvalue weighted by Gasteiger charge is 2.61. The van der Waals surface area contributed by atoms with Gasteiger partial charge in [0.25, 0.3) is 5.91 Å². The van der Waals surface area contributed by atoms with Crippen LogP contribution in [0.25, 0.3) is 0 Å². The monoisotopic (exact) mass is 283 g/mol. The third-order valence-electron chi connectivity index (χ3n) is 2.93. The fourth-order valence-corrected chi connectivity index (χ4v) is 2.05. The summed E-state index contributed by atoms with van der Waals surface area (Å²) in [6.45, 7) is 3.35. The summed E-state index contributed by atoms with van der Waals surface area (Å²) in [6, 6.07) is 0. The molecule has 0 radical (unpaired) electrons. The number of nitrogens with zero attached hydrogens (tertiary/aromatic N) is 1. The largest absolute Gasteiger partial charge is 0.426 e. The van der Waals surface area contributed by atoms with Crippen LogP contribution in [0.5, 0.6) is 0 Å². The number of hydrogen-bond donors (Lipinski definition) is 0. The Morgan fingerprint density at radius 1 is 1.53 bits per heavy atom. The maximum Gasteiger partial charge on any atom is 0.426 e. The number of carbonyl (C=O) groups excluding carboxylic acids is 1. The minimum absolute atomic E-state index is 0.558. The molecule has 1 aliphatic rings. The van der Waals surface area contributed by atoms with E-state index < -0.39 is 34.4 Å². The molecule has 2 nitrogen and oxygen atoms in total. The average molecular weight is 284 g/mol. The van der Waals surface area contributed by atoms with Crippen LogP contribution in [0.2, 0.25) is 0 Å². The van der Waals surface area contributed by atoms with Crippen molar-refractivity contribution in [2.24, 2.45) is 22.2 Å². The minimum Gasteiger partial charge on any atom is -0.272 e. The van der Waals surface area contributed by atoms with Gasteiger partial charge in [-0.1, -0.05) is 31.5 Å². The Morgan fingerprint density at radius 3 is 2.47 bits per heavy atom. The van der Waals surface area contributed by atoms with Crippen molar-refractivity contribution in [3.63, 3.8) is 0 Å². The molecule has 94 valence electrons. The van der Waals surface area contributed by atoms with E-state index in [2.05, 4.69) is 17.2 Å². The summed E-state index contributed by atoms with van der Waals surface area (Å²) in [6.07, 6.45) is -3.72. The molecule has 1 saturated carbocycles. The van der Waals surface area contributed by atoms with Crippen molar-refractivity contribution >= 4 is 34.9 Å². The SMILES string of the molecule is CC1(C)C(/C=C(\Cl)C(F)(F)F)C1C(=O)N=C=S. The molecule has 0 bridgehead atoms. The number of thiocarbonyl (C=S) groups is 1. The first kappa shape index (κ1) is 14.4. The lowest BCUT2D eigenvalue weighted by Crippen LogP contribution is -2.07. The maximum atomic E-state index is 12.2. The summed E-state index contributed by atoms with van der Waals surface area (Å²) in [7, 11) is 0. The fraction of sp³-hybridized carbons (Fsp3) is 0.600. The van der Waals surface area contributed by atoms with Gasteiger partial charge in [-0.2, -0.15) is 18.2 Å². The summed E-state index contributed by atoms with van der Waals surface area (Å²) >= 11 is 9.40. The molecule has 0 heterocycles. The number of isothiocyanates is 1. The van der Waals surface area contributed by atoms with Gasteiger partial charge < -0.3 is 0 Å². The van der Waals surface area contributed by atoms with Crippen molar-refractivity contribution in [3.05, 3.63) is 11.1 Å². The highest BCUT2D eigenvalue weighted by atomic mass is 35.5. The van der Waals surface area contributed by atoms with Gasteiger partial charge in [-0.05, 0) is 23.6 Å². The van der Waals surface area contributed by atoms with Crippen LogP contribution in [0.1, 0.15) is 13.8 Å². The van der Waals surface area contributed by atoms with E-state index in [4.69, 9.17) is 11.6 Å². The second-order valence-electron chi connectivity index (χ2n) is 4.38. The van der Waals surface area contributed by atoms with E-state index in [0.717, 1.165) is 6.08 Å². The molecule has 7 heteroatoms. The fourth-order valence-electron chi connectivity index (χ4n) is 1.83. The van der Waals surface area contributed by atoms with Gasteiger partial charge in [-0.3, -0.25) is 4.79 Å². The van der Waals surface area contributed by atoms with E-state index in [-0.39, 0.29) is 0 Å². The van der Waals surface area contributed by atoms with E-state index in [0.29, 0.717) is 0 Å². The van der Waals surface area contributed by atoms with Gasteiger partial charge in [0.15, 0.2) is 0 Å². The molecule has 0 aliphatic heterocycles. The maximum absolute atomic E-state index is 12.2. The zero-order valence-corrected chi connectivity index (χ0v) is 10.6. The van der Waals surface area contributed by atoms with Crippen LogP contribution in [-0.2, 0) is 4.79 Å². The number of rotatable bonds is 2. The summed E-state index contributed by atoms with van der Waals surface area (Å²) in [5.74, 6) is -1.75. The Balaban J connectivity index is 2.89. The second-order valence-corrected chi connectivity index (χ2v) is 4.97. The first-order valence-corrected chi connectivity index (χ1v) is 5.47. The van der Waals surface area contributed by atoms with Gasteiger partial charge in [0, 0.05) is 0 Å². The first-order chi connectivity index (χ1) is 7.62. The Morgan fingerprint density at radius 2 is 2.06 bits per heavy atom. The molecule has 1 fully saturated rings. The molecule has 2 atom stereocenters. The van der Waals surface area contributed by atoms with E-state index in [1.165, 1.54) is 0 Å². The highest BCUT2D eigenvalue weighted by Crippen LogP contribution is 2.60. The number of carbonyl (C=O) groups is 1. The Bertz CT molecular complexity index is 424. The number of alkyl halides is 3. The van der Waals surface area contributed by atoms with Crippen LogP contribution in [0.15, 0.2) is 16.1 Å². The molecule has 1 rings (SSSR count). The Kier molecular flexibility index (Phi) is 3.81. The summed E-state index contributed by atoms with van der Waals surface area (Å²) in [4.78, 5) is 14.7. The van der Waals surface area contributed by atoms with Crippen LogP contribution in [0.3, 0.4) is 0 Å². The minimum atomic E-state index is -4.58. The molecular weight excluding hydrogens is 275 g/mol. The van der Waals surface area contributed by atoms with Gasteiger partial charge in [-0.25, -0.2) is 0 Å². The standard InChI is InChI=1S/C10H9ClF3NOS/c1-9(2)5(3-6(11)10(12,13)14)7(9)8(16)15-4-17/h3,5,7H,1-2H3/b6-3-. The molecule has 0 aromatic rings. The molecule has 2 unspecified atom stereocenters. The first-order valence-electron chi connectivity index (χ1n) is 4.68. The molecular formula is C10H9ClF3NOS. The summed E-state index contributed by atoms with van der Waals surface area (Å²) in [5.41, 5.74) is -0.585. The number of aliphatic imine (C=N–C) groups is 1. The van der Waals surface area contributed by atoms with Crippen molar-refractivity contribution in [1.82, 2.24) is 0 Å². The Labute approximate surface area is 107 Å². The molecule has 1 amide bonds. The zero-order valence-electron chi connectivity index (χ0n) is 9.01. The van der Waals surface area contributed by atoms with Gasteiger partial charge in [0.2, 0.25) is 0 Å². The lowest BCUT2D eigenvalue weighted by atomic mass is 10.1. The van der Waals surface area contributed by atoms with Gasteiger partial charge in [0.1, 0.15) is 5.03 Å². The van der Waals surface area contributed by atoms with Gasteiger partial charge in [-0.15, -0.1) is 0 Å². The van der Waals surface area contributed by atoms with Gasteiger partial charge in [0.05, 0.1) is 11.1 Å². The highest BCUT2D eigenvalue weighted by molar-refractivity contribution is 7.78. The quantitative estimate of drug-likeness (QED) is 0.573. The third kappa shape index (κ3) is 2.94. The predicted molar refractivity (Wildman–Crippen MR) is 60.8 cm³/mol. The average Bonchev–Trinajstić information content (AvgIpc) is 2.67. The van der Waals surface area contributed by atoms with E-state index >= 15 is 0 Å². The summed E-state index contributed by atoms with van der Waals surface area (Å²) < 4.78 is 36.7. The second kappa shape index (κ2) is 4.52. The predicted octanol–water partition coefficient (Wildman–Crippen LogP) is 3.57. The van der Waals surface area contributed by atoms with Crippen LogP contribution in [0.4, 0.5) is 13.2 Å². The normalized spacial score (nSPS) is 27.3. The van der Waals surface area contributed by atoms with Crippen molar-refractivity contribution < 1.29 is 18.0 Å². The number of amides is 1. The Hall–Kier alpha value is -0.710. The zero-order chi connectivity index (χ0) is 13.4. The van der Waals surface area contributed by atoms with Crippen LogP contribution >= 0.6 is 23.8 Å². The number of allylic oxidation sites excluding steroid dienone is 2. The van der Waals surface area contributed by atoms with Crippen molar-refractivity contribution in [1.29, 1.82) is 0 Å². The number of hydrogen-bond acceptors (Lipinski definition) is 2. The smallest absolute Gasteiger partial charge is 0.272 e. The summed E-state index contributed by atoms with van der Waals surface area (Å²) in [5, 5.41) is 0.703. The molecule has 0 spiro atoms. The van der Waals surface area contributed by atoms with Gasteiger partial charge >= 0.3 is 6.18 Å². The van der Waals surface area contributed by atoms with Crippen LogP contribution in [-0.4, -0.2) is 17.2 Å². The van der Waals surface area contributed by atoms with E-state index in [1.807, 2.05) is 5.16 Å². The number of halogens is 4. The topological polar surface area (TPSA) is 29.4 Å².